The lowest BCUT2D eigenvalue weighted by atomic mass is 9.53. The quantitative estimate of drug-likeness (QED) is 0.864. The summed E-state index contributed by atoms with van der Waals surface area (Å²) in [4.78, 5) is 15.2. The number of amides is 1. The van der Waals surface area contributed by atoms with E-state index in [0.29, 0.717) is 13.3 Å². The van der Waals surface area contributed by atoms with E-state index in [1.165, 1.54) is 38.5 Å². The second-order valence-electron chi connectivity index (χ2n) is 9.47. The fraction of sp³-hybridized carbons (Fsp3) is 0.682. The van der Waals surface area contributed by atoms with Crippen LogP contribution in [0.1, 0.15) is 51.0 Å². The molecule has 5 aliphatic rings. The van der Waals surface area contributed by atoms with Gasteiger partial charge < -0.3 is 14.8 Å². The van der Waals surface area contributed by atoms with Crippen molar-refractivity contribution in [2.45, 2.75) is 63.6 Å². The van der Waals surface area contributed by atoms with Crippen LogP contribution in [0.5, 0.6) is 11.5 Å². The van der Waals surface area contributed by atoms with Crippen LogP contribution in [0.3, 0.4) is 0 Å². The van der Waals surface area contributed by atoms with Gasteiger partial charge in [-0.15, -0.1) is 0 Å². The molecule has 1 aromatic rings. The van der Waals surface area contributed by atoms with Gasteiger partial charge in [-0.2, -0.15) is 0 Å². The van der Waals surface area contributed by atoms with Crippen LogP contribution in [0.25, 0.3) is 0 Å². The van der Waals surface area contributed by atoms with Gasteiger partial charge in [0.25, 0.3) is 0 Å². The highest BCUT2D eigenvalue weighted by Crippen LogP contribution is 2.55. The van der Waals surface area contributed by atoms with E-state index in [9.17, 15) is 4.79 Å². The lowest BCUT2D eigenvalue weighted by molar-refractivity contribution is -0.131. The van der Waals surface area contributed by atoms with Crippen LogP contribution in [-0.2, 0) is 11.3 Å². The third-order valence-electron chi connectivity index (χ3n) is 7.34. The summed E-state index contributed by atoms with van der Waals surface area (Å²) in [5, 5.41) is 3.51. The van der Waals surface area contributed by atoms with Gasteiger partial charge in [0.2, 0.25) is 12.7 Å². The lowest BCUT2D eigenvalue weighted by Crippen LogP contribution is -2.62. The first-order valence-corrected chi connectivity index (χ1v) is 10.4. The zero-order chi connectivity index (χ0) is 18.6. The predicted molar refractivity (Wildman–Crippen MR) is 103 cm³/mol. The summed E-state index contributed by atoms with van der Waals surface area (Å²) in [6, 6.07) is 5.87. The Bertz CT molecular complexity index is 712. The molecule has 146 valence electrons. The zero-order valence-electron chi connectivity index (χ0n) is 16.4. The molecule has 5 nitrogen and oxygen atoms in total. The van der Waals surface area contributed by atoms with Crippen molar-refractivity contribution in [1.29, 1.82) is 0 Å². The monoisotopic (exact) mass is 370 g/mol. The molecule has 4 saturated carbocycles. The maximum atomic E-state index is 13.0. The molecule has 5 heteroatoms. The Hall–Kier alpha value is -1.75. The third kappa shape index (κ3) is 3.20. The van der Waals surface area contributed by atoms with E-state index in [1.807, 2.05) is 32.2 Å². The molecule has 4 bridgehead atoms. The number of ether oxygens (including phenoxy) is 2. The molecule has 0 saturated heterocycles. The van der Waals surface area contributed by atoms with E-state index >= 15 is 0 Å². The number of hydrogen-bond acceptors (Lipinski definition) is 4. The SMILES string of the molecule is C[C@@H](C(=O)NC12CC3CC(CC(C3)C1)C2)N(C)Cc1ccc2c(c1)OCO2. The highest BCUT2D eigenvalue weighted by atomic mass is 16.7. The lowest BCUT2D eigenvalue weighted by Gasteiger charge is -2.57. The maximum Gasteiger partial charge on any atom is 0.237 e. The predicted octanol–water partition coefficient (Wildman–Crippen LogP) is 3.32. The summed E-state index contributed by atoms with van der Waals surface area (Å²) >= 11 is 0. The molecule has 1 N–H and O–H groups in total. The summed E-state index contributed by atoms with van der Waals surface area (Å²) in [5.41, 5.74) is 1.22. The molecule has 27 heavy (non-hydrogen) atoms. The smallest absolute Gasteiger partial charge is 0.237 e. The molecule has 0 aromatic heterocycles. The minimum atomic E-state index is -0.150. The minimum Gasteiger partial charge on any atom is -0.454 e. The van der Waals surface area contributed by atoms with E-state index in [0.717, 1.165) is 34.8 Å². The first-order valence-electron chi connectivity index (χ1n) is 10.4. The van der Waals surface area contributed by atoms with Crippen LogP contribution in [0.4, 0.5) is 0 Å². The molecule has 0 unspecified atom stereocenters. The van der Waals surface area contributed by atoms with E-state index in [2.05, 4.69) is 10.2 Å². The molecule has 4 aliphatic carbocycles. The molecule has 1 aliphatic heterocycles. The standard InChI is InChI=1S/C22H30N2O3/c1-14(24(2)12-15-3-4-19-20(8-15)27-13-26-19)21(25)23-22-9-16-5-17(10-22)7-18(6-16)11-22/h3-4,8,14,16-18H,5-7,9-13H2,1-2H3,(H,23,25)/t14-,16?,17?,18?,22?/m0/s1. The number of benzene rings is 1. The number of fused-ring (bicyclic) bond motifs is 1. The van der Waals surface area contributed by atoms with Gasteiger partial charge in [-0.05, 0) is 87.9 Å². The van der Waals surface area contributed by atoms with Gasteiger partial charge in [0.05, 0.1) is 6.04 Å². The maximum absolute atomic E-state index is 13.0. The Morgan fingerprint density at radius 1 is 1.15 bits per heavy atom. The Labute approximate surface area is 161 Å². The van der Waals surface area contributed by atoms with Crippen molar-refractivity contribution < 1.29 is 14.3 Å². The fourth-order valence-corrected chi connectivity index (χ4v) is 6.29. The fourth-order valence-electron chi connectivity index (χ4n) is 6.29. The first-order chi connectivity index (χ1) is 13.0. The van der Waals surface area contributed by atoms with Crippen LogP contribution < -0.4 is 14.8 Å². The first kappa shape index (κ1) is 17.4. The normalized spacial score (nSPS) is 34.1. The molecule has 4 fully saturated rings. The van der Waals surface area contributed by atoms with Crippen molar-refractivity contribution in [3.05, 3.63) is 23.8 Å². The highest BCUT2D eigenvalue weighted by molar-refractivity contribution is 5.82. The van der Waals surface area contributed by atoms with Crippen molar-refractivity contribution in [2.24, 2.45) is 17.8 Å². The summed E-state index contributed by atoms with van der Waals surface area (Å²) in [7, 11) is 2.02. The van der Waals surface area contributed by atoms with Gasteiger partial charge >= 0.3 is 0 Å². The van der Waals surface area contributed by atoms with Gasteiger partial charge in [0.1, 0.15) is 0 Å². The molecule has 1 heterocycles. The van der Waals surface area contributed by atoms with Crippen LogP contribution in [0, 0.1) is 17.8 Å². The molecule has 1 aromatic carbocycles. The topological polar surface area (TPSA) is 50.8 Å². The number of likely N-dealkylation sites (N-methyl/N-ethyl adjacent to an activating group) is 1. The highest BCUT2D eigenvalue weighted by Gasteiger charge is 2.51. The largest absolute Gasteiger partial charge is 0.454 e. The second kappa shape index (κ2) is 6.40. The molecule has 6 rings (SSSR count). The molecule has 0 spiro atoms. The van der Waals surface area contributed by atoms with Crippen molar-refractivity contribution in [1.82, 2.24) is 10.2 Å². The molecule has 1 amide bonds. The number of carbonyl (C=O) groups is 1. The van der Waals surface area contributed by atoms with Crippen LogP contribution in [-0.4, -0.2) is 36.2 Å². The van der Waals surface area contributed by atoms with E-state index in [1.54, 1.807) is 0 Å². The zero-order valence-corrected chi connectivity index (χ0v) is 16.4. The van der Waals surface area contributed by atoms with Crippen LogP contribution in [0.2, 0.25) is 0 Å². The van der Waals surface area contributed by atoms with Crippen molar-refractivity contribution in [3.8, 4) is 11.5 Å². The van der Waals surface area contributed by atoms with Gasteiger partial charge in [-0.1, -0.05) is 6.07 Å². The molecule has 1 atom stereocenters. The van der Waals surface area contributed by atoms with Crippen molar-refractivity contribution in [2.75, 3.05) is 13.8 Å². The average Bonchev–Trinajstić information content (AvgIpc) is 3.07. The Kier molecular flexibility index (Phi) is 4.12. The Morgan fingerprint density at radius 2 is 1.78 bits per heavy atom. The Balaban J connectivity index is 1.22. The minimum absolute atomic E-state index is 0.0830. The number of rotatable bonds is 5. The van der Waals surface area contributed by atoms with Crippen LogP contribution >= 0.6 is 0 Å². The third-order valence-corrected chi connectivity index (χ3v) is 7.34. The van der Waals surface area contributed by atoms with E-state index < -0.39 is 0 Å². The van der Waals surface area contributed by atoms with Gasteiger partial charge in [-0.3, -0.25) is 9.69 Å². The van der Waals surface area contributed by atoms with Crippen molar-refractivity contribution in [3.63, 3.8) is 0 Å². The summed E-state index contributed by atoms with van der Waals surface area (Å²) in [6.07, 6.45) is 7.79. The van der Waals surface area contributed by atoms with Gasteiger partial charge in [-0.25, -0.2) is 0 Å². The molecular formula is C22H30N2O3. The number of nitrogens with one attached hydrogen (secondary N) is 1. The summed E-state index contributed by atoms with van der Waals surface area (Å²) in [5.74, 6) is 4.32. The summed E-state index contributed by atoms with van der Waals surface area (Å²) in [6.45, 7) is 3.02. The number of carbonyl (C=O) groups excluding carboxylic acids is 1. The summed E-state index contributed by atoms with van der Waals surface area (Å²) < 4.78 is 10.8. The average molecular weight is 370 g/mol. The Morgan fingerprint density at radius 3 is 2.44 bits per heavy atom. The van der Waals surface area contributed by atoms with Crippen molar-refractivity contribution >= 4 is 5.91 Å². The van der Waals surface area contributed by atoms with E-state index in [4.69, 9.17) is 9.47 Å². The van der Waals surface area contributed by atoms with Crippen LogP contribution in [0.15, 0.2) is 18.2 Å². The number of nitrogens with zero attached hydrogens (tertiary/aromatic N) is 1. The molecular weight excluding hydrogens is 340 g/mol. The van der Waals surface area contributed by atoms with Gasteiger partial charge in [0, 0.05) is 12.1 Å². The second-order valence-corrected chi connectivity index (χ2v) is 9.47. The van der Waals surface area contributed by atoms with Gasteiger partial charge in [0.15, 0.2) is 11.5 Å². The number of hydrogen-bond donors (Lipinski definition) is 1. The molecule has 0 radical (unpaired) electrons. The van der Waals surface area contributed by atoms with E-state index in [-0.39, 0.29) is 17.5 Å².